The molecule has 20 heavy (non-hydrogen) atoms. The van der Waals surface area contributed by atoms with Gasteiger partial charge < -0.3 is 9.73 Å². The minimum atomic E-state index is 0.570. The Labute approximate surface area is 119 Å². The maximum Gasteiger partial charge on any atom is 0.247 e. The van der Waals surface area contributed by atoms with Crippen molar-refractivity contribution >= 4 is 5.69 Å². The first-order chi connectivity index (χ1) is 9.85. The Morgan fingerprint density at radius 2 is 2.10 bits per heavy atom. The molecule has 2 aromatic rings. The van der Waals surface area contributed by atoms with Gasteiger partial charge in [0.25, 0.3) is 0 Å². The van der Waals surface area contributed by atoms with Gasteiger partial charge in [0.1, 0.15) is 0 Å². The van der Waals surface area contributed by atoms with Gasteiger partial charge in [0.05, 0.1) is 0 Å². The molecule has 1 heterocycles. The van der Waals surface area contributed by atoms with Crippen molar-refractivity contribution in [2.45, 2.75) is 45.1 Å². The maximum absolute atomic E-state index is 5.20. The molecule has 1 N–H and O–H groups in total. The highest BCUT2D eigenvalue weighted by Gasteiger charge is 2.20. The molecule has 2 unspecified atom stereocenters. The second-order valence-electron chi connectivity index (χ2n) is 5.60. The highest BCUT2D eigenvalue weighted by molar-refractivity contribution is 5.58. The molecule has 4 heteroatoms. The summed E-state index contributed by atoms with van der Waals surface area (Å²) in [7, 11) is 0. The van der Waals surface area contributed by atoms with Crippen LogP contribution in [0.2, 0.25) is 0 Å². The van der Waals surface area contributed by atoms with Gasteiger partial charge in [0.2, 0.25) is 12.3 Å². The Kier molecular flexibility index (Phi) is 4.00. The average Bonchev–Trinajstić information content (AvgIpc) is 3.02. The van der Waals surface area contributed by atoms with E-state index in [9.17, 15) is 0 Å². The van der Waals surface area contributed by atoms with E-state index in [1.807, 2.05) is 12.1 Å². The molecule has 3 rings (SSSR count). The number of anilines is 1. The van der Waals surface area contributed by atoms with Gasteiger partial charge in [-0.25, -0.2) is 0 Å². The fourth-order valence-electron chi connectivity index (χ4n) is 3.04. The van der Waals surface area contributed by atoms with E-state index in [1.54, 1.807) is 0 Å². The number of aromatic nitrogens is 2. The molecule has 0 aliphatic heterocycles. The van der Waals surface area contributed by atoms with Crippen LogP contribution >= 0.6 is 0 Å². The molecule has 0 spiro atoms. The molecule has 1 aromatic heterocycles. The summed E-state index contributed by atoms with van der Waals surface area (Å²) in [6.45, 7) is 2.30. The first-order valence-electron chi connectivity index (χ1n) is 7.48. The van der Waals surface area contributed by atoms with Crippen molar-refractivity contribution < 1.29 is 4.42 Å². The summed E-state index contributed by atoms with van der Waals surface area (Å²) in [5.41, 5.74) is 2.14. The van der Waals surface area contributed by atoms with Crippen molar-refractivity contribution in [3.05, 3.63) is 30.7 Å². The molecule has 1 aliphatic carbocycles. The molecule has 0 radical (unpaired) electrons. The predicted octanol–water partition coefficient (Wildman–Crippen LogP) is 4.12. The number of benzene rings is 1. The molecule has 1 aliphatic rings. The first kappa shape index (κ1) is 13.2. The molecule has 1 aromatic carbocycles. The summed E-state index contributed by atoms with van der Waals surface area (Å²) in [6.07, 6.45) is 7.97. The normalized spacial score (nSPS) is 22.6. The summed E-state index contributed by atoms with van der Waals surface area (Å²) in [4.78, 5) is 0. The van der Waals surface area contributed by atoms with Crippen molar-refractivity contribution in [2.75, 3.05) is 5.32 Å². The lowest BCUT2D eigenvalue weighted by atomic mass is 9.84. The highest BCUT2D eigenvalue weighted by Crippen LogP contribution is 2.29. The molecule has 1 fully saturated rings. The maximum atomic E-state index is 5.20. The van der Waals surface area contributed by atoms with E-state index >= 15 is 0 Å². The van der Waals surface area contributed by atoms with Crippen LogP contribution in [-0.2, 0) is 0 Å². The summed E-state index contributed by atoms with van der Waals surface area (Å²) in [5.74, 6) is 1.46. The van der Waals surface area contributed by atoms with Crippen molar-refractivity contribution in [3.63, 3.8) is 0 Å². The van der Waals surface area contributed by atoms with E-state index in [2.05, 4.69) is 34.6 Å². The zero-order valence-electron chi connectivity index (χ0n) is 11.9. The van der Waals surface area contributed by atoms with Gasteiger partial charge in [-0.3, -0.25) is 0 Å². The van der Waals surface area contributed by atoms with Gasteiger partial charge in [-0.2, -0.15) is 0 Å². The topological polar surface area (TPSA) is 51.0 Å². The zero-order valence-corrected chi connectivity index (χ0v) is 11.9. The van der Waals surface area contributed by atoms with Gasteiger partial charge in [-0.1, -0.05) is 26.2 Å². The largest absolute Gasteiger partial charge is 0.423 e. The Hall–Kier alpha value is -1.84. The van der Waals surface area contributed by atoms with E-state index in [-0.39, 0.29) is 0 Å². The fraction of sp³-hybridized carbons (Fsp3) is 0.500. The minimum absolute atomic E-state index is 0.570. The minimum Gasteiger partial charge on any atom is -0.423 e. The zero-order chi connectivity index (χ0) is 13.8. The molecule has 1 saturated carbocycles. The number of rotatable bonds is 4. The van der Waals surface area contributed by atoms with Gasteiger partial charge in [-0.05, 0) is 43.0 Å². The van der Waals surface area contributed by atoms with Crippen molar-refractivity contribution in [3.8, 4) is 11.5 Å². The molecule has 0 amide bonds. The van der Waals surface area contributed by atoms with Crippen LogP contribution in [0.4, 0.5) is 5.69 Å². The fourth-order valence-corrected chi connectivity index (χ4v) is 3.04. The van der Waals surface area contributed by atoms with E-state index in [0.29, 0.717) is 11.9 Å². The van der Waals surface area contributed by atoms with Crippen LogP contribution in [0.5, 0.6) is 0 Å². The highest BCUT2D eigenvalue weighted by atomic mass is 16.4. The van der Waals surface area contributed by atoms with Crippen LogP contribution in [0.15, 0.2) is 35.1 Å². The Balaban J connectivity index is 1.63. The van der Waals surface area contributed by atoms with Crippen molar-refractivity contribution in [1.29, 1.82) is 0 Å². The van der Waals surface area contributed by atoms with Crippen LogP contribution in [0.1, 0.15) is 39.0 Å². The second kappa shape index (κ2) is 6.07. The lowest BCUT2D eigenvalue weighted by Gasteiger charge is -2.29. The third-order valence-corrected chi connectivity index (χ3v) is 4.22. The van der Waals surface area contributed by atoms with Crippen molar-refractivity contribution in [2.24, 2.45) is 5.92 Å². The summed E-state index contributed by atoms with van der Waals surface area (Å²) < 4.78 is 5.20. The summed E-state index contributed by atoms with van der Waals surface area (Å²) in [6, 6.07) is 8.85. The quantitative estimate of drug-likeness (QED) is 0.909. The Morgan fingerprint density at radius 1 is 1.25 bits per heavy atom. The van der Waals surface area contributed by atoms with Crippen LogP contribution in [0, 0.1) is 5.92 Å². The monoisotopic (exact) mass is 271 g/mol. The van der Waals surface area contributed by atoms with Crippen molar-refractivity contribution in [1.82, 2.24) is 10.2 Å². The van der Waals surface area contributed by atoms with E-state index in [0.717, 1.165) is 11.5 Å². The SMILES string of the molecule is CCC1CCCC(Nc2ccc(-c3nnco3)cc2)C1. The molecule has 2 atom stereocenters. The van der Waals surface area contributed by atoms with Crippen LogP contribution in [0.3, 0.4) is 0 Å². The van der Waals surface area contributed by atoms with Gasteiger partial charge >= 0.3 is 0 Å². The Morgan fingerprint density at radius 3 is 2.80 bits per heavy atom. The van der Waals surface area contributed by atoms with Gasteiger partial charge in [0, 0.05) is 17.3 Å². The second-order valence-corrected chi connectivity index (χ2v) is 5.60. The lowest BCUT2D eigenvalue weighted by Crippen LogP contribution is -2.26. The number of nitrogens with one attached hydrogen (secondary N) is 1. The van der Waals surface area contributed by atoms with E-state index in [4.69, 9.17) is 4.42 Å². The molecule has 0 saturated heterocycles. The van der Waals surface area contributed by atoms with Crippen LogP contribution in [-0.4, -0.2) is 16.2 Å². The Bertz CT molecular complexity index is 521. The van der Waals surface area contributed by atoms with Gasteiger partial charge in [0.15, 0.2) is 0 Å². The molecular formula is C16H21N3O. The molecule has 0 bridgehead atoms. The van der Waals surface area contributed by atoms with E-state index in [1.165, 1.54) is 44.2 Å². The third kappa shape index (κ3) is 3.00. The standard InChI is InChI=1S/C16H21N3O/c1-2-12-4-3-5-15(10-12)18-14-8-6-13(7-9-14)16-19-17-11-20-16/h6-9,11-12,15,18H,2-5,10H2,1H3. The predicted molar refractivity (Wildman–Crippen MR) is 79.4 cm³/mol. The number of hydrogen-bond donors (Lipinski definition) is 1. The van der Waals surface area contributed by atoms with E-state index < -0.39 is 0 Å². The average molecular weight is 271 g/mol. The lowest BCUT2D eigenvalue weighted by molar-refractivity contribution is 0.327. The number of hydrogen-bond acceptors (Lipinski definition) is 4. The smallest absolute Gasteiger partial charge is 0.247 e. The number of nitrogens with zero attached hydrogens (tertiary/aromatic N) is 2. The van der Waals surface area contributed by atoms with Gasteiger partial charge in [-0.15, -0.1) is 10.2 Å². The molecule has 4 nitrogen and oxygen atoms in total. The van der Waals surface area contributed by atoms with Crippen LogP contribution < -0.4 is 5.32 Å². The van der Waals surface area contributed by atoms with Crippen LogP contribution in [0.25, 0.3) is 11.5 Å². The third-order valence-electron chi connectivity index (χ3n) is 4.22. The first-order valence-corrected chi connectivity index (χ1v) is 7.48. The summed E-state index contributed by atoms with van der Waals surface area (Å²) >= 11 is 0. The summed E-state index contributed by atoms with van der Waals surface area (Å²) in [5, 5.41) is 11.3. The molecular weight excluding hydrogens is 250 g/mol. The molecule has 106 valence electrons.